The van der Waals surface area contributed by atoms with Gasteiger partial charge in [0.05, 0.1) is 5.54 Å². The van der Waals surface area contributed by atoms with Crippen molar-refractivity contribution >= 4 is 36.4 Å². The molecule has 6 heteroatoms. The van der Waals surface area contributed by atoms with Gasteiger partial charge in [-0.05, 0) is 37.3 Å². The molecule has 1 saturated carbocycles. The highest BCUT2D eigenvalue weighted by molar-refractivity contribution is 5.88. The van der Waals surface area contributed by atoms with E-state index in [2.05, 4.69) is 34.5 Å². The molecule has 2 aliphatic rings. The van der Waals surface area contributed by atoms with E-state index >= 15 is 0 Å². The number of nitrogens with one attached hydrogen (secondary N) is 1. The van der Waals surface area contributed by atoms with E-state index in [0.717, 1.165) is 38.9 Å². The van der Waals surface area contributed by atoms with Crippen LogP contribution in [0.4, 0.5) is 5.69 Å². The summed E-state index contributed by atoms with van der Waals surface area (Å²) in [7, 11) is 0. The number of nitrogens with two attached hydrogens (primary N) is 1. The Labute approximate surface area is 138 Å². The number of anilines is 1. The van der Waals surface area contributed by atoms with E-state index in [0.29, 0.717) is 5.92 Å². The highest BCUT2D eigenvalue weighted by Crippen LogP contribution is 2.32. The van der Waals surface area contributed by atoms with Crippen molar-refractivity contribution in [2.75, 3.05) is 24.5 Å². The maximum absolute atomic E-state index is 11.8. The largest absolute Gasteiger partial charge is 0.371 e. The van der Waals surface area contributed by atoms with Crippen molar-refractivity contribution in [3.05, 3.63) is 30.3 Å². The lowest BCUT2D eigenvalue weighted by molar-refractivity contribution is -0.123. The second kappa shape index (κ2) is 7.34. The fourth-order valence-corrected chi connectivity index (χ4v) is 2.65. The van der Waals surface area contributed by atoms with Gasteiger partial charge >= 0.3 is 0 Å². The minimum absolute atomic E-state index is 0. The Morgan fingerprint density at radius 2 is 1.95 bits per heavy atom. The summed E-state index contributed by atoms with van der Waals surface area (Å²) in [6.45, 7) is 2.83. The number of halogens is 2. The molecule has 1 atom stereocenters. The zero-order chi connectivity index (χ0) is 13.3. The number of para-hydroxylation sites is 1. The van der Waals surface area contributed by atoms with E-state index in [9.17, 15) is 4.79 Å². The van der Waals surface area contributed by atoms with E-state index in [1.54, 1.807) is 0 Å². The Morgan fingerprint density at radius 1 is 1.29 bits per heavy atom. The number of amides is 1. The Kier molecular flexibility index (Phi) is 6.32. The van der Waals surface area contributed by atoms with Crippen molar-refractivity contribution < 1.29 is 4.79 Å². The molecule has 0 radical (unpaired) electrons. The molecule has 0 bridgehead atoms. The van der Waals surface area contributed by atoms with Gasteiger partial charge in [-0.15, -0.1) is 24.8 Å². The quantitative estimate of drug-likeness (QED) is 0.886. The summed E-state index contributed by atoms with van der Waals surface area (Å²) in [5, 5.41) is 3.01. The molecule has 0 spiro atoms. The van der Waals surface area contributed by atoms with Crippen molar-refractivity contribution in [2.45, 2.75) is 24.8 Å². The second-order valence-corrected chi connectivity index (χ2v) is 5.80. The number of nitrogens with zero attached hydrogens (tertiary/aromatic N) is 1. The molecule has 21 heavy (non-hydrogen) atoms. The molecule has 1 amide bonds. The molecule has 1 aromatic carbocycles. The van der Waals surface area contributed by atoms with Crippen LogP contribution in [0.3, 0.4) is 0 Å². The third kappa shape index (κ3) is 4.25. The van der Waals surface area contributed by atoms with Crippen LogP contribution in [0, 0.1) is 5.92 Å². The first-order chi connectivity index (χ1) is 9.17. The van der Waals surface area contributed by atoms with Crippen molar-refractivity contribution in [3.63, 3.8) is 0 Å². The zero-order valence-corrected chi connectivity index (χ0v) is 13.6. The van der Waals surface area contributed by atoms with Gasteiger partial charge in [0.2, 0.25) is 5.91 Å². The van der Waals surface area contributed by atoms with Crippen LogP contribution in [0.2, 0.25) is 0 Å². The monoisotopic (exact) mass is 331 g/mol. The molecule has 1 aliphatic carbocycles. The number of carbonyl (C=O) groups excluding carboxylic acids is 1. The van der Waals surface area contributed by atoms with E-state index < -0.39 is 5.54 Å². The summed E-state index contributed by atoms with van der Waals surface area (Å²) in [5.41, 5.74) is 6.60. The highest BCUT2D eigenvalue weighted by atomic mass is 35.5. The summed E-state index contributed by atoms with van der Waals surface area (Å²) in [4.78, 5) is 14.2. The Balaban J connectivity index is 0.00000110. The average molecular weight is 332 g/mol. The predicted molar refractivity (Wildman–Crippen MR) is 90.4 cm³/mol. The first-order valence-electron chi connectivity index (χ1n) is 7.04. The topological polar surface area (TPSA) is 58.4 Å². The molecule has 2 fully saturated rings. The second-order valence-electron chi connectivity index (χ2n) is 5.80. The zero-order valence-electron chi connectivity index (χ0n) is 12.0. The van der Waals surface area contributed by atoms with Crippen LogP contribution in [-0.2, 0) is 4.79 Å². The maximum Gasteiger partial charge on any atom is 0.240 e. The number of carbonyl (C=O) groups is 1. The van der Waals surface area contributed by atoms with Crippen LogP contribution in [0.1, 0.15) is 19.3 Å². The van der Waals surface area contributed by atoms with Gasteiger partial charge in [-0.1, -0.05) is 18.2 Å². The van der Waals surface area contributed by atoms with Crippen LogP contribution in [-0.4, -0.2) is 31.1 Å². The molecule has 1 aromatic rings. The highest BCUT2D eigenvalue weighted by Gasteiger charge is 2.45. The lowest BCUT2D eigenvalue weighted by atomic mass is 10.1. The van der Waals surface area contributed by atoms with Crippen LogP contribution in [0.15, 0.2) is 30.3 Å². The van der Waals surface area contributed by atoms with Crippen LogP contribution < -0.4 is 16.0 Å². The fourth-order valence-electron chi connectivity index (χ4n) is 2.65. The Morgan fingerprint density at radius 3 is 2.57 bits per heavy atom. The lowest BCUT2D eigenvalue weighted by Gasteiger charge is -2.19. The fraction of sp³-hybridized carbons (Fsp3) is 0.533. The summed E-state index contributed by atoms with van der Waals surface area (Å²) in [5.74, 6) is 0.567. The standard InChI is InChI=1S/C15H21N3O.2ClH/c16-15(7-8-15)14(19)17-10-12-6-9-18(11-12)13-4-2-1-3-5-13;;/h1-5,12H,6-11,16H2,(H,17,19);2*1H. The molecule has 1 aliphatic heterocycles. The number of rotatable bonds is 4. The van der Waals surface area contributed by atoms with Crippen molar-refractivity contribution in [3.8, 4) is 0 Å². The third-order valence-electron chi connectivity index (χ3n) is 4.20. The van der Waals surface area contributed by atoms with E-state index in [1.807, 2.05) is 6.07 Å². The number of hydrogen-bond donors (Lipinski definition) is 2. The average Bonchev–Trinajstić information content (AvgIpc) is 3.03. The summed E-state index contributed by atoms with van der Waals surface area (Å²) in [6, 6.07) is 10.4. The van der Waals surface area contributed by atoms with Crippen LogP contribution in [0.25, 0.3) is 0 Å². The van der Waals surface area contributed by atoms with E-state index in [4.69, 9.17) is 5.73 Å². The Bertz CT molecular complexity index is 465. The predicted octanol–water partition coefficient (Wildman–Crippen LogP) is 1.96. The molecule has 118 valence electrons. The van der Waals surface area contributed by atoms with Gasteiger partial charge in [0.15, 0.2) is 0 Å². The summed E-state index contributed by atoms with van der Waals surface area (Å²) in [6.07, 6.45) is 2.80. The molecule has 1 heterocycles. The molecule has 1 unspecified atom stereocenters. The van der Waals surface area contributed by atoms with Crippen molar-refractivity contribution in [2.24, 2.45) is 11.7 Å². The minimum atomic E-state index is -0.544. The van der Waals surface area contributed by atoms with E-state index in [1.165, 1.54) is 5.69 Å². The normalized spacial score (nSPS) is 22.0. The molecule has 3 N–H and O–H groups in total. The minimum Gasteiger partial charge on any atom is -0.371 e. The van der Waals surface area contributed by atoms with Gasteiger partial charge in [0.1, 0.15) is 0 Å². The smallest absolute Gasteiger partial charge is 0.240 e. The van der Waals surface area contributed by atoms with Gasteiger partial charge in [0, 0.05) is 25.3 Å². The molecule has 4 nitrogen and oxygen atoms in total. The van der Waals surface area contributed by atoms with Crippen LogP contribution >= 0.6 is 24.8 Å². The van der Waals surface area contributed by atoms with Crippen LogP contribution in [0.5, 0.6) is 0 Å². The number of hydrogen-bond acceptors (Lipinski definition) is 3. The molecule has 3 rings (SSSR count). The Hall–Kier alpha value is -0.970. The van der Waals surface area contributed by atoms with Gasteiger partial charge in [-0.25, -0.2) is 0 Å². The van der Waals surface area contributed by atoms with Gasteiger partial charge in [-0.3, -0.25) is 4.79 Å². The maximum atomic E-state index is 11.8. The molecular formula is C15H23Cl2N3O. The van der Waals surface area contributed by atoms with Gasteiger partial charge in [-0.2, -0.15) is 0 Å². The molecule has 0 aromatic heterocycles. The molecular weight excluding hydrogens is 309 g/mol. The third-order valence-corrected chi connectivity index (χ3v) is 4.20. The lowest BCUT2D eigenvalue weighted by Crippen LogP contribution is -2.44. The van der Waals surface area contributed by atoms with Crippen molar-refractivity contribution in [1.82, 2.24) is 5.32 Å². The van der Waals surface area contributed by atoms with Crippen molar-refractivity contribution in [1.29, 1.82) is 0 Å². The summed E-state index contributed by atoms with van der Waals surface area (Å²) < 4.78 is 0. The summed E-state index contributed by atoms with van der Waals surface area (Å²) >= 11 is 0. The number of benzene rings is 1. The first kappa shape index (κ1) is 18.1. The molecule has 1 saturated heterocycles. The first-order valence-corrected chi connectivity index (χ1v) is 7.04. The van der Waals surface area contributed by atoms with E-state index in [-0.39, 0.29) is 30.7 Å². The SMILES string of the molecule is Cl.Cl.NC1(C(=O)NCC2CCN(c3ccccc3)C2)CC1. The van der Waals surface area contributed by atoms with Gasteiger partial charge in [0.25, 0.3) is 0 Å². The van der Waals surface area contributed by atoms with Gasteiger partial charge < -0.3 is 16.0 Å².